The Bertz CT molecular complexity index is 1380. The lowest BCUT2D eigenvalue weighted by molar-refractivity contribution is 0.0698. The van der Waals surface area contributed by atoms with Crippen LogP contribution in [0.15, 0.2) is 67.0 Å². The summed E-state index contributed by atoms with van der Waals surface area (Å²) in [5.41, 5.74) is 1.95. The summed E-state index contributed by atoms with van der Waals surface area (Å²) in [6.07, 6.45) is 1.31. The Morgan fingerprint density at radius 1 is 1.06 bits per heavy atom. The number of rotatable bonds is 6. The molecule has 1 atom stereocenters. The molecule has 0 aliphatic heterocycles. The average Bonchev–Trinajstić information content (AvgIpc) is 2.80. The van der Waals surface area contributed by atoms with E-state index >= 15 is 0 Å². The van der Waals surface area contributed by atoms with Gasteiger partial charge in [-0.3, -0.25) is 4.79 Å². The second kappa shape index (κ2) is 9.22. The number of hydrogen-bond donors (Lipinski definition) is 3. The second-order valence-electron chi connectivity index (χ2n) is 7.30. The molecule has 1 heterocycles. The number of fused-ring (bicyclic) bond motifs is 1. The van der Waals surface area contributed by atoms with E-state index in [4.69, 9.17) is 11.6 Å². The molecule has 9 heteroatoms. The topological polar surface area (TPSA) is 104 Å². The van der Waals surface area contributed by atoms with E-state index in [9.17, 15) is 19.1 Å². The lowest BCUT2D eigenvalue weighted by atomic mass is 10.1. The van der Waals surface area contributed by atoms with Crippen LogP contribution in [0.5, 0.6) is 0 Å². The maximum Gasteiger partial charge on any atom is 0.337 e. The average molecular weight is 465 g/mol. The van der Waals surface area contributed by atoms with Crippen molar-refractivity contribution < 1.29 is 19.1 Å². The molecule has 0 aliphatic carbocycles. The van der Waals surface area contributed by atoms with Gasteiger partial charge in [0.05, 0.1) is 22.1 Å². The Morgan fingerprint density at radius 3 is 2.61 bits per heavy atom. The molecule has 0 saturated heterocycles. The Labute approximate surface area is 193 Å². The molecule has 1 unspecified atom stereocenters. The van der Waals surface area contributed by atoms with Gasteiger partial charge in [0.15, 0.2) is 0 Å². The summed E-state index contributed by atoms with van der Waals surface area (Å²) in [4.78, 5) is 32.4. The quantitative estimate of drug-likeness (QED) is 0.346. The van der Waals surface area contributed by atoms with Crippen LogP contribution in [0.1, 0.15) is 39.2 Å². The largest absolute Gasteiger partial charge is 0.478 e. The third-order valence-electron chi connectivity index (χ3n) is 5.07. The molecule has 3 aromatic carbocycles. The zero-order chi connectivity index (χ0) is 23.5. The van der Waals surface area contributed by atoms with Crippen molar-refractivity contribution >= 4 is 45.9 Å². The number of carbonyl (C=O) groups is 2. The third kappa shape index (κ3) is 4.75. The summed E-state index contributed by atoms with van der Waals surface area (Å²) in [6.45, 7) is 1.91. The van der Waals surface area contributed by atoms with E-state index in [0.717, 1.165) is 11.6 Å². The van der Waals surface area contributed by atoms with Gasteiger partial charge in [-0.25, -0.2) is 19.2 Å². The molecule has 166 valence electrons. The second-order valence-corrected chi connectivity index (χ2v) is 7.71. The van der Waals surface area contributed by atoms with Gasteiger partial charge < -0.3 is 15.7 Å². The third-order valence-corrected chi connectivity index (χ3v) is 5.38. The number of carboxylic acid groups (broad SMARTS) is 1. The van der Waals surface area contributed by atoms with E-state index < -0.39 is 17.7 Å². The van der Waals surface area contributed by atoms with Gasteiger partial charge in [-0.2, -0.15) is 0 Å². The van der Waals surface area contributed by atoms with Gasteiger partial charge in [0.1, 0.15) is 18.0 Å². The fourth-order valence-corrected chi connectivity index (χ4v) is 3.51. The van der Waals surface area contributed by atoms with Gasteiger partial charge in [0.2, 0.25) is 0 Å². The fourth-order valence-electron chi connectivity index (χ4n) is 3.39. The highest BCUT2D eigenvalue weighted by atomic mass is 35.5. The summed E-state index contributed by atoms with van der Waals surface area (Å²) in [6, 6.07) is 15.7. The number of aromatic nitrogens is 2. The summed E-state index contributed by atoms with van der Waals surface area (Å²) in [7, 11) is 0. The van der Waals surface area contributed by atoms with Gasteiger partial charge in [-0.1, -0.05) is 29.8 Å². The van der Waals surface area contributed by atoms with Gasteiger partial charge in [-0.15, -0.1) is 0 Å². The molecule has 4 aromatic rings. The molecule has 3 N–H and O–H groups in total. The number of carbonyl (C=O) groups excluding carboxylic acids is 1. The number of para-hydroxylation sites is 1. The number of aromatic carboxylic acids is 1. The first-order chi connectivity index (χ1) is 15.8. The van der Waals surface area contributed by atoms with Gasteiger partial charge >= 0.3 is 5.97 Å². The molecule has 0 spiro atoms. The SMILES string of the molecule is CC(Nc1ncnc2c(C(=O)O)cccc12)c1cccc(NC(=O)c2ccc(Cl)c(F)c2)c1. The van der Waals surface area contributed by atoms with Crippen molar-refractivity contribution in [3.05, 3.63) is 94.5 Å². The molecule has 1 aromatic heterocycles. The number of hydrogen-bond acceptors (Lipinski definition) is 5. The molecule has 7 nitrogen and oxygen atoms in total. The molecule has 1 amide bonds. The molecule has 0 fully saturated rings. The monoisotopic (exact) mass is 464 g/mol. The standard InChI is InChI=1S/C24H18ClFN4O3/c1-13(29-22-17-6-3-7-18(24(32)33)21(17)27-12-28-22)14-4-2-5-16(10-14)30-23(31)15-8-9-19(25)20(26)11-15/h2-13H,1H3,(H,30,31)(H,32,33)(H,27,28,29). The van der Waals surface area contributed by atoms with Crippen molar-refractivity contribution in [3.8, 4) is 0 Å². The molecule has 0 bridgehead atoms. The molecule has 0 saturated carbocycles. The first-order valence-corrected chi connectivity index (χ1v) is 10.3. The van der Waals surface area contributed by atoms with Crippen LogP contribution in [-0.2, 0) is 0 Å². The van der Waals surface area contributed by atoms with E-state index in [0.29, 0.717) is 22.4 Å². The van der Waals surface area contributed by atoms with Crippen molar-refractivity contribution in [2.45, 2.75) is 13.0 Å². The molecular weight excluding hydrogens is 447 g/mol. The minimum absolute atomic E-state index is 0.0545. The van der Waals surface area contributed by atoms with Crippen LogP contribution in [0.25, 0.3) is 10.9 Å². The fraction of sp³-hybridized carbons (Fsp3) is 0.0833. The Balaban J connectivity index is 1.55. The molecule has 4 rings (SSSR count). The predicted octanol–water partition coefficient (Wildman–Crippen LogP) is 5.55. The number of amides is 1. The number of halogens is 2. The number of benzene rings is 3. The highest BCUT2D eigenvalue weighted by Crippen LogP contribution is 2.27. The number of nitrogens with one attached hydrogen (secondary N) is 2. The Kier molecular flexibility index (Phi) is 6.19. The predicted molar refractivity (Wildman–Crippen MR) is 124 cm³/mol. The van der Waals surface area contributed by atoms with Crippen molar-refractivity contribution in [1.29, 1.82) is 0 Å². The summed E-state index contributed by atoms with van der Waals surface area (Å²) in [5.74, 6) is -1.71. The van der Waals surface area contributed by atoms with Gasteiger partial charge in [0, 0.05) is 16.6 Å². The van der Waals surface area contributed by atoms with E-state index in [1.54, 1.807) is 30.3 Å². The highest BCUT2D eigenvalue weighted by molar-refractivity contribution is 6.30. The minimum Gasteiger partial charge on any atom is -0.478 e. The van der Waals surface area contributed by atoms with Crippen molar-refractivity contribution in [2.24, 2.45) is 0 Å². The normalized spacial score (nSPS) is 11.7. The summed E-state index contributed by atoms with van der Waals surface area (Å²) in [5, 5.41) is 16.0. The zero-order valence-electron chi connectivity index (χ0n) is 17.3. The maximum atomic E-state index is 13.7. The lowest BCUT2D eigenvalue weighted by Gasteiger charge is -2.17. The van der Waals surface area contributed by atoms with Crippen LogP contribution in [0.4, 0.5) is 15.9 Å². The Hall–Kier alpha value is -4.04. The molecule has 0 aliphatic rings. The smallest absolute Gasteiger partial charge is 0.337 e. The zero-order valence-corrected chi connectivity index (χ0v) is 18.1. The molecule has 0 radical (unpaired) electrons. The first kappa shape index (κ1) is 22.2. The van der Waals surface area contributed by atoms with Crippen LogP contribution < -0.4 is 10.6 Å². The van der Waals surface area contributed by atoms with Crippen LogP contribution in [0, 0.1) is 5.82 Å². The van der Waals surface area contributed by atoms with Crippen LogP contribution >= 0.6 is 11.6 Å². The molecule has 33 heavy (non-hydrogen) atoms. The van der Waals surface area contributed by atoms with Crippen molar-refractivity contribution in [2.75, 3.05) is 10.6 Å². The van der Waals surface area contributed by atoms with Crippen molar-refractivity contribution in [1.82, 2.24) is 9.97 Å². The van der Waals surface area contributed by atoms with E-state index in [2.05, 4.69) is 20.6 Å². The van der Waals surface area contributed by atoms with Crippen molar-refractivity contribution in [3.63, 3.8) is 0 Å². The maximum absolute atomic E-state index is 13.7. The van der Waals surface area contributed by atoms with Gasteiger partial charge in [0.25, 0.3) is 5.91 Å². The summed E-state index contributed by atoms with van der Waals surface area (Å²) < 4.78 is 13.7. The van der Waals surface area contributed by atoms with Gasteiger partial charge in [-0.05, 0) is 55.0 Å². The number of anilines is 2. The number of nitrogens with zero attached hydrogens (tertiary/aromatic N) is 2. The van der Waals surface area contributed by atoms with Crippen LogP contribution in [0.3, 0.4) is 0 Å². The minimum atomic E-state index is -1.07. The van der Waals surface area contributed by atoms with Crippen LogP contribution in [0.2, 0.25) is 5.02 Å². The Morgan fingerprint density at radius 2 is 1.85 bits per heavy atom. The first-order valence-electron chi connectivity index (χ1n) is 9.93. The molecular formula is C24H18ClFN4O3. The lowest BCUT2D eigenvalue weighted by Crippen LogP contribution is -2.13. The number of carboxylic acids is 1. The van der Waals surface area contributed by atoms with E-state index in [1.165, 1.54) is 24.5 Å². The van der Waals surface area contributed by atoms with Crippen LogP contribution in [-0.4, -0.2) is 27.0 Å². The summed E-state index contributed by atoms with van der Waals surface area (Å²) >= 11 is 5.68. The highest BCUT2D eigenvalue weighted by Gasteiger charge is 2.15. The van der Waals surface area contributed by atoms with E-state index in [1.807, 2.05) is 13.0 Å². The van der Waals surface area contributed by atoms with E-state index in [-0.39, 0.29) is 22.2 Å².